The summed E-state index contributed by atoms with van der Waals surface area (Å²) >= 11 is 11.3. The van der Waals surface area contributed by atoms with Gasteiger partial charge in [-0.25, -0.2) is 9.78 Å². The smallest absolute Gasteiger partial charge is 0.434 e. The molecule has 0 aliphatic heterocycles. The molecular formula is C8H7Cl2NO3. The molecule has 0 amide bonds. The van der Waals surface area contributed by atoms with Crippen LogP contribution >= 0.6 is 23.2 Å². The van der Waals surface area contributed by atoms with Gasteiger partial charge in [-0.05, 0) is 13.0 Å². The summed E-state index contributed by atoms with van der Waals surface area (Å²) in [6.07, 6.45) is 0.431. The number of carbonyl (C=O) groups excluding carboxylic acids is 1. The quantitative estimate of drug-likeness (QED) is 0.585. The second-order valence-electron chi connectivity index (χ2n) is 2.22. The molecule has 0 saturated heterocycles. The van der Waals surface area contributed by atoms with Crippen molar-refractivity contribution in [3.8, 4) is 5.75 Å². The fourth-order valence-corrected chi connectivity index (χ4v) is 1.11. The van der Waals surface area contributed by atoms with E-state index in [2.05, 4.69) is 9.72 Å². The number of hydrogen-bond donors (Lipinski definition) is 0. The summed E-state index contributed by atoms with van der Waals surface area (Å²) in [4.78, 5) is 14.6. The molecule has 1 aromatic rings. The molecule has 0 unspecified atom stereocenters. The van der Waals surface area contributed by atoms with Crippen LogP contribution in [0.15, 0.2) is 12.3 Å². The van der Waals surface area contributed by atoms with Crippen LogP contribution in [-0.4, -0.2) is 17.7 Å². The molecule has 1 rings (SSSR count). The van der Waals surface area contributed by atoms with Crippen molar-refractivity contribution in [1.82, 2.24) is 4.98 Å². The van der Waals surface area contributed by atoms with Crippen LogP contribution in [0, 0.1) is 0 Å². The highest BCUT2D eigenvalue weighted by atomic mass is 35.5. The first-order valence-corrected chi connectivity index (χ1v) is 4.54. The lowest BCUT2D eigenvalue weighted by Crippen LogP contribution is -2.10. The van der Waals surface area contributed by atoms with Crippen LogP contribution in [0.1, 0.15) is 6.92 Å². The van der Waals surface area contributed by atoms with Gasteiger partial charge in [0.25, 0.3) is 0 Å². The van der Waals surface area contributed by atoms with Gasteiger partial charge in [-0.3, -0.25) is 0 Å². The van der Waals surface area contributed by atoms with Crippen molar-refractivity contribution in [2.75, 3.05) is 6.61 Å². The molecule has 0 aliphatic rings. The van der Waals surface area contributed by atoms with Gasteiger partial charge in [-0.2, -0.15) is 0 Å². The van der Waals surface area contributed by atoms with E-state index in [4.69, 9.17) is 27.9 Å². The predicted octanol–water partition coefficient (Wildman–Crippen LogP) is 2.92. The lowest BCUT2D eigenvalue weighted by atomic mass is 10.5. The molecule has 14 heavy (non-hydrogen) atoms. The molecule has 0 atom stereocenters. The van der Waals surface area contributed by atoms with E-state index in [1.807, 2.05) is 0 Å². The summed E-state index contributed by atoms with van der Waals surface area (Å²) in [6, 6.07) is 1.37. The SMILES string of the molecule is CCOC(=O)Oc1cnc(Cl)cc1Cl. The van der Waals surface area contributed by atoms with E-state index in [9.17, 15) is 4.79 Å². The molecular weight excluding hydrogens is 229 g/mol. The van der Waals surface area contributed by atoms with E-state index < -0.39 is 6.16 Å². The van der Waals surface area contributed by atoms with Gasteiger partial charge in [-0.1, -0.05) is 23.2 Å². The minimum Gasteiger partial charge on any atom is -0.434 e. The van der Waals surface area contributed by atoms with Crippen molar-refractivity contribution in [3.63, 3.8) is 0 Å². The van der Waals surface area contributed by atoms with Gasteiger partial charge >= 0.3 is 6.16 Å². The van der Waals surface area contributed by atoms with Gasteiger partial charge in [0, 0.05) is 0 Å². The average molecular weight is 236 g/mol. The molecule has 0 bridgehead atoms. The van der Waals surface area contributed by atoms with Crippen molar-refractivity contribution in [2.24, 2.45) is 0 Å². The maximum absolute atomic E-state index is 10.9. The highest BCUT2D eigenvalue weighted by molar-refractivity contribution is 6.34. The van der Waals surface area contributed by atoms with Gasteiger partial charge in [-0.15, -0.1) is 0 Å². The van der Waals surface area contributed by atoms with Crippen LogP contribution in [0.5, 0.6) is 5.75 Å². The third kappa shape index (κ3) is 3.05. The Morgan fingerprint density at radius 2 is 2.29 bits per heavy atom. The minimum absolute atomic E-state index is 0.120. The Hall–Kier alpha value is -1.000. The third-order valence-electron chi connectivity index (χ3n) is 1.24. The number of pyridine rings is 1. The van der Waals surface area contributed by atoms with Crippen LogP contribution in [0.3, 0.4) is 0 Å². The van der Waals surface area contributed by atoms with Gasteiger partial charge in [0.15, 0.2) is 5.75 Å². The first-order valence-electron chi connectivity index (χ1n) is 3.79. The monoisotopic (exact) mass is 235 g/mol. The number of aromatic nitrogens is 1. The zero-order chi connectivity index (χ0) is 10.6. The van der Waals surface area contributed by atoms with Crippen LogP contribution in [0.4, 0.5) is 4.79 Å². The van der Waals surface area contributed by atoms with Crippen molar-refractivity contribution < 1.29 is 14.3 Å². The lowest BCUT2D eigenvalue weighted by molar-refractivity contribution is 0.104. The molecule has 76 valence electrons. The summed E-state index contributed by atoms with van der Waals surface area (Å²) in [5.74, 6) is 0.120. The molecule has 1 aromatic heterocycles. The molecule has 0 fully saturated rings. The number of halogens is 2. The molecule has 0 spiro atoms. The Morgan fingerprint density at radius 3 is 2.86 bits per heavy atom. The fourth-order valence-electron chi connectivity index (χ4n) is 0.707. The van der Waals surface area contributed by atoms with Crippen LogP contribution < -0.4 is 4.74 Å². The highest BCUT2D eigenvalue weighted by Crippen LogP contribution is 2.25. The lowest BCUT2D eigenvalue weighted by Gasteiger charge is -2.04. The molecule has 4 nitrogen and oxygen atoms in total. The van der Waals surface area contributed by atoms with E-state index in [0.29, 0.717) is 0 Å². The van der Waals surface area contributed by atoms with E-state index in [1.54, 1.807) is 6.92 Å². The Balaban J connectivity index is 2.72. The maximum Gasteiger partial charge on any atom is 0.513 e. The minimum atomic E-state index is -0.821. The van der Waals surface area contributed by atoms with E-state index >= 15 is 0 Å². The van der Waals surface area contributed by atoms with Gasteiger partial charge in [0.1, 0.15) is 5.15 Å². The summed E-state index contributed by atoms with van der Waals surface area (Å²) in [7, 11) is 0. The second-order valence-corrected chi connectivity index (χ2v) is 3.02. The van der Waals surface area contributed by atoms with Crippen molar-refractivity contribution in [1.29, 1.82) is 0 Å². The Bertz CT molecular complexity index is 343. The maximum atomic E-state index is 10.9. The molecule has 0 aromatic carbocycles. The van der Waals surface area contributed by atoms with Crippen LogP contribution in [-0.2, 0) is 4.74 Å². The second kappa shape index (κ2) is 5.02. The van der Waals surface area contributed by atoms with Crippen LogP contribution in [0.25, 0.3) is 0 Å². The molecule has 0 saturated carbocycles. The summed E-state index contributed by atoms with van der Waals surface area (Å²) in [5.41, 5.74) is 0. The first-order chi connectivity index (χ1) is 6.63. The summed E-state index contributed by atoms with van der Waals surface area (Å²) < 4.78 is 9.28. The Kier molecular flexibility index (Phi) is 3.98. The number of carbonyl (C=O) groups is 1. The largest absolute Gasteiger partial charge is 0.513 e. The topological polar surface area (TPSA) is 48.4 Å². The van der Waals surface area contributed by atoms with Gasteiger partial charge in [0.05, 0.1) is 17.8 Å². The highest BCUT2D eigenvalue weighted by Gasteiger charge is 2.09. The summed E-state index contributed by atoms with van der Waals surface area (Å²) in [5, 5.41) is 0.435. The zero-order valence-electron chi connectivity index (χ0n) is 7.29. The normalized spacial score (nSPS) is 9.64. The van der Waals surface area contributed by atoms with E-state index in [1.165, 1.54) is 12.3 Å². The number of rotatable bonds is 2. The summed E-state index contributed by atoms with van der Waals surface area (Å²) in [6.45, 7) is 1.90. The Morgan fingerprint density at radius 1 is 1.57 bits per heavy atom. The van der Waals surface area contributed by atoms with Crippen molar-refractivity contribution in [3.05, 3.63) is 22.4 Å². The van der Waals surface area contributed by atoms with Crippen LogP contribution in [0.2, 0.25) is 10.2 Å². The first kappa shape index (κ1) is 11.1. The van der Waals surface area contributed by atoms with Crippen molar-refractivity contribution in [2.45, 2.75) is 6.92 Å². The predicted molar refractivity (Wildman–Crippen MR) is 51.9 cm³/mol. The Labute approximate surface area is 90.7 Å². The van der Waals surface area contributed by atoms with Gasteiger partial charge in [0.2, 0.25) is 0 Å². The fraction of sp³-hybridized carbons (Fsp3) is 0.250. The number of ether oxygens (including phenoxy) is 2. The molecule has 0 N–H and O–H groups in total. The molecule has 0 radical (unpaired) electrons. The molecule has 6 heteroatoms. The molecule has 1 heterocycles. The third-order valence-corrected chi connectivity index (χ3v) is 1.74. The van der Waals surface area contributed by atoms with Gasteiger partial charge < -0.3 is 9.47 Å². The average Bonchev–Trinajstić information content (AvgIpc) is 2.10. The number of nitrogens with zero attached hydrogens (tertiary/aromatic N) is 1. The number of hydrogen-bond acceptors (Lipinski definition) is 4. The molecule has 0 aliphatic carbocycles. The zero-order valence-corrected chi connectivity index (χ0v) is 8.80. The van der Waals surface area contributed by atoms with E-state index in [0.717, 1.165) is 0 Å². The standard InChI is InChI=1S/C8H7Cl2NO3/c1-2-13-8(12)14-6-4-11-7(10)3-5(6)9/h3-4H,2H2,1H3. The van der Waals surface area contributed by atoms with Crippen molar-refractivity contribution >= 4 is 29.4 Å². The van der Waals surface area contributed by atoms with E-state index in [-0.39, 0.29) is 22.5 Å².